The van der Waals surface area contributed by atoms with Crippen LogP contribution in [0, 0.1) is 0 Å². The van der Waals surface area contributed by atoms with Gasteiger partial charge < -0.3 is 20.7 Å². The Morgan fingerprint density at radius 1 is 1.60 bits per heavy atom. The predicted molar refractivity (Wildman–Crippen MR) is 54.2 cm³/mol. The number of carbonyl (C=O) groups excluding carboxylic acids is 2. The number of nitrogens with zero attached hydrogens (tertiary/aromatic N) is 1. The van der Waals surface area contributed by atoms with Crippen molar-refractivity contribution in [3.63, 3.8) is 0 Å². The van der Waals surface area contributed by atoms with Gasteiger partial charge in [0.05, 0.1) is 12.6 Å². The van der Waals surface area contributed by atoms with Crippen LogP contribution in [-0.2, 0) is 9.53 Å². The molecule has 0 aliphatic carbocycles. The molecule has 15 heavy (non-hydrogen) atoms. The van der Waals surface area contributed by atoms with Gasteiger partial charge in [-0.25, -0.2) is 4.79 Å². The van der Waals surface area contributed by atoms with Crippen LogP contribution in [0.25, 0.3) is 0 Å². The number of likely N-dealkylation sites (N-methyl/N-ethyl adjacent to an activating group) is 1. The van der Waals surface area contributed by atoms with Gasteiger partial charge in [0.2, 0.25) is 5.91 Å². The van der Waals surface area contributed by atoms with Crippen molar-refractivity contribution >= 4 is 11.9 Å². The molecule has 0 saturated carbocycles. The van der Waals surface area contributed by atoms with E-state index in [-0.39, 0.29) is 18.6 Å². The maximum Gasteiger partial charge on any atom is 0.318 e. The van der Waals surface area contributed by atoms with Crippen molar-refractivity contribution in [2.45, 2.75) is 19.4 Å². The molecule has 1 heterocycles. The Balaban J connectivity index is 2.38. The van der Waals surface area contributed by atoms with Gasteiger partial charge in [-0.15, -0.1) is 0 Å². The second-order valence-corrected chi connectivity index (χ2v) is 3.49. The molecule has 0 aromatic heterocycles. The van der Waals surface area contributed by atoms with Crippen LogP contribution in [0.4, 0.5) is 4.79 Å². The Morgan fingerprint density at radius 3 is 2.80 bits per heavy atom. The maximum atomic E-state index is 11.6. The first kappa shape index (κ1) is 11.8. The summed E-state index contributed by atoms with van der Waals surface area (Å²) in [5.74, 6) is -0.505. The van der Waals surface area contributed by atoms with E-state index in [1.807, 2.05) is 0 Å². The summed E-state index contributed by atoms with van der Waals surface area (Å²) < 4.78 is 5.13. The third kappa shape index (κ3) is 3.75. The molecular formula is C9H17N3O3. The molecule has 86 valence electrons. The Bertz CT molecular complexity index is 239. The van der Waals surface area contributed by atoms with Gasteiger partial charge >= 0.3 is 6.03 Å². The van der Waals surface area contributed by atoms with Crippen LogP contribution in [0.15, 0.2) is 0 Å². The Labute approximate surface area is 88.7 Å². The Kier molecular flexibility index (Phi) is 4.36. The van der Waals surface area contributed by atoms with Crippen molar-refractivity contribution in [3.8, 4) is 0 Å². The number of rotatable bonds is 4. The van der Waals surface area contributed by atoms with E-state index in [1.165, 1.54) is 4.90 Å². The van der Waals surface area contributed by atoms with E-state index >= 15 is 0 Å². The normalized spacial score (nSPS) is 19.9. The number of nitrogens with one attached hydrogen (secondary N) is 1. The van der Waals surface area contributed by atoms with E-state index < -0.39 is 5.91 Å². The second kappa shape index (κ2) is 5.55. The molecular weight excluding hydrogens is 198 g/mol. The van der Waals surface area contributed by atoms with Gasteiger partial charge in [-0.05, 0) is 13.3 Å². The molecule has 1 aliphatic heterocycles. The Morgan fingerprint density at radius 2 is 2.33 bits per heavy atom. The van der Waals surface area contributed by atoms with Gasteiger partial charge in [0.25, 0.3) is 0 Å². The van der Waals surface area contributed by atoms with Crippen LogP contribution < -0.4 is 11.1 Å². The molecule has 0 spiro atoms. The van der Waals surface area contributed by atoms with E-state index in [2.05, 4.69) is 5.32 Å². The molecule has 0 bridgehead atoms. The van der Waals surface area contributed by atoms with Crippen molar-refractivity contribution in [2.75, 3.05) is 26.3 Å². The predicted octanol–water partition coefficient (Wildman–Crippen LogP) is -0.708. The number of amides is 3. The smallest absolute Gasteiger partial charge is 0.318 e. The minimum Gasteiger partial charge on any atom is -0.379 e. The van der Waals surface area contributed by atoms with Crippen molar-refractivity contribution < 1.29 is 14.3 Å². The van der Waals surface area contributed by atoms with Gasteiger partial charge in [0.1, 0.15) is 6.54 Å². The van der Waals surface area contributed by atoms with Gasteiger partial charge in [-0.2, -0.15) is 0 Å². The van der Waals surface area contributed by atoms with E-state index in [0.29, 0.717) is 19.8 Å². The summed E-state index contributed by atoms with van der Waals surface area (Å²) in [4.78, 5) is 23.7. The number of hydrogen-bond donors (Lipinski definition) is 2. The van der Waals surface area contributed by atoms with Crippen LogP contribution in [0.5, 0.6) is 0 Å². The molecule has 0 aromatic rings. The minimum absolute atomic E-state index is 0.0457. The van der Waals surface area contributed by atoms with Crippen LogP contribution in [0.2, 0.25) is 0 Å². The first-order valence-corrected chi connectivity index (χ1v) is 5.05. The third-order valence-electron chi connectivity index (χ3n) is 2.27. The molecule has 0 radical (unpaired) electrons. The lowest BCUT2D eigenvalue weighted by molar-refractivity contribution is -0.118. The number of urea groups is 1. The number of carbonyl (C=O) groups is 2. The highest BCUT2D eigenvalue weighted by atomic mass is 16.5. The third-order valence-corrected chi connectivity index (χ3v) is 2.27. The molecule has 0 aromatic carbocycles. The fourth-order valence-electron chi connectivity index (χ4n) is 1.43. The average molecular weight is 215 g/mol. The SMILES string of the molecule is CCN(CC(N)=O)C(=O)NC1CCOC1. The van der Waals surface area contributed by atoms with Crippen molar-refractivity contribution in [3.05, 3.63) is 0 Å². The largest absolute Gasteiger partial charge is 0.379 e. The molecule has 6 heteroatoms. The highest BCUT2D eigenvalue weighted by molar-refractivity contribution is 5.83. The summed E-state index contributed by atoms with van der Waals surface area (Å²) in [6, 6.07) is -0.203. The fraction of sp³-hybridized carbons (Fsp3) is 0.778. The number of primary amides is 1. The number of ether oxygens (including phenoxy) is 1. The average Bonchev–Trinajstić information content (AvgIpc) is 2.66. The van der Waals surface area contributed by atoms with Crippen molar-refractivity contribution in [1.82, 2.24) is 10.2 Å². The molecule has 6 nitrogen and oxygen atoms in total. The molecule has 1 unspecified atom stereocenters. The number of nitrogens with two attached hydrogens (primary N) is 1. The highest BCUT2D eigenvalue weighted by Gasteiger charge is 2.21. The summed E-state index contributed by atoms with van der Waals surface area (Å²) in [7, 11) is 0. The molecule has 1 atom stereocenters. The summed E-state index contributed by atoms with van der Waals surface area (Å²) in [6.07, 6.45) is 0.819. The quantitative estimate of drug-likeness (QED) is 0.649. The minimum atomic E-state index is -0.505. The highest BCUT2D eigenvalue weighted by Crippen LogP contribution is 2.03. The van der Waals surface area contributed by atoms with Crippen molar-refractivity contribution in [1.29, 1.82) is 0 Å². The van der Waals surface area contributed by atoms with Crippen molar-refractivity contribution in [2.24, 2.45) is 5.73 Å². The zero-order valence-electron chi connectivity index (χ0n) is 8.86. The van der Waals surface area contributed by atoms with E-state index in [0.717, 1.165) is 6.42 Å². The Hall–Kier alpha value is -1.30. The van der Waals surface area contributed by atoms with Crippen LogP contribution in [0.3, 0.4) is 0 Å². The van der Waals surface area contributed by atoms with Crippen LogP contribution in [-0.4, -0.2) is 49.2 Å². The van der Waals surface area contributed by atoms with E-state index in [9.17, 15) is 9.59 Å². The monoisotopic (exact) mass is 215 g/mol. The molecule has 3 amide bonds. The molecule has 1 aliphatic rings. The molecule has 1 saturated heterocycles. The lowest BCUT2D eigenvalue weighted by atomic mass is 10.3. The first-order valence-electron chi connectivity index (χ1n) is 5.05. The second-order valence-electron chi connectivity index (χ2n) is 3.49. The van der Waals surface area contributed by atoms with Crippen LogP contribution >= 0.6 is 0 Å². The van der Waals surface area contributed by atoms with Crippen LogP contribution in [0.1, 0.15) is 13.3 Å². The van der Waals surface area contributed by atoms with Gasteiger partial charge in [-0.1, -0.05) is 0 Å². The van der Waals surface area contributed by atoms with Gasteiger partial charge in [-0.3, -0.25) is 4.79 Å². The zero-order chi connectivity index (χ0) is 11.3. The van der Waals surface area contributed by atoms with Gasteiger partial charge in [0, 0.05) is 13.2 Å². The van der Waals surface area contributed by atoms with E-state index in [1.54, 1.807) is 6.92 Å². The lowest BCUT2D eigenvalue weighted by Crippen LogP contribution is -2.47. The number of hydrogen-bond acceptors (Lipinski definition) is 3. The molecule has 1 rings (SSSR count). The summed E-state index contributed by atoms with van der Waals surface area (Å²) in [5.41, 5.74) is 5.03. The summed E-state index contributed by atoms with van der Waals surface area (Å²) in [5, 5.41) is 2.79. The first-order chi connectivity index (χ1) is 7.13. The standard InChI is InChI=1S/C9H17N3O3/c1-2-12(5-8(10)13)9(14)11-7-3-4-15-6-7/h7H,2-6H2,1H3,(H2,10,13)(H,11,14). The summed E-state index contributed by atoms with van der Waals surface area (Å²) >= 11 is 0. The topological polar surface area (TPSA) is 84.7 Å². The molecule has 1 fully saturated rings. The lowest BCUT2D eigenvalue weighted by Gasteiger charge is -2.21. The maximum absolute atomic E-state index is 11.6. The van der Waals surface area contributed by atoms with E-state index in [4.69, 9.17) is 10.5 Å². The zero-order valence-corrected chi connectivity index (χ0v) is 8.86. The summed E-state index contributed by atoms with van der Waals surface area (Å²) in [6.45, 7) is 3.43. The fourth-order valence-corrected chi connectivity index (χ4v) is 1.43. The molecule has 3 N–H and O–H groups in total. The van der Waals surface area contributed by atoms with Gasteiger partial charge in [0.15, 0.2) is 0 Å².